The first-order valence-electron chi connectivity index (χ1n) is 2.33. The molecule has 5 nitrogen and oxygen atoms in total. The number of nitriles is 1. The molecule has 0 atom stereocenters. The molecule has 0 saturated heterocycles. The highest BCUT2D eigenvalue weighted by Crippen LogP contribution is 1.79. The van der Waals surface area contributed by atoms with Crippen LogP contribution in [0.15, 0.2) is 5.10 Å². The van der Waals surface area contributed by atoms with Crippen LogP contribution in [0.4, 0.5) is 4.79 Å². The van der Waals surface area contributed by atoms with E-state index in [1.807, 2.05) is 0 Å². The van der Waals surface area contributed by atoms with Gasteiger partial charge in [-0.1, -0.05) is 0 Å². The van der Waals surface area contributed by atoms with E-state index >= 15 is 0 Å². The average molecular weight is 124 g/mol. The van der Waals surface area contributed by atoms with Crippen LogP contribution in [0, 0.1) is 11.3 Å². The third-order valence-corrected chi connectivity index (χ3v) is 0.838. The first-order valence-corrected chi connectivity index (χ1v) is 2.33. The Morgan fingerprint density at radius 3 is 3.00 bits per heavy atom. The first-order chi connectivity index (χ1) is 4.33. The van der Waals surface area contributed by atoms with Crippen molar-refractivity contribution in [3.63, 3.8) is 0 Å². The number of urea groups is 1. The predicted molar refractivity (Wildman–Crippen MR) is 29.6 cm³/mol. The predicted octanol–water partition coefficient (Wildman–Crippen LogP) is -0.821. The van der Waals surface area contributed by atoms with Crippen LogP contribution in [0.2, 0.25) is 0 Å². The van der Waals surface area contributed by atoms with E-state index in [1.54, 1.807) is 6.07 Å². The SMILES string of the molecule is N#CC1=NNC(=O)NC1. The number of hydrazone groups is 1. The molecule has 1 heterocycles. The number of rotatable bonds is 0. The molecule has 5 heteroatoms. The lowest BCUT2D eigenvalue weighted by molar-refractivity contribution is 0.241. The minimum absolute atomic E-state index is 0.225. The summed E-state index contributed by atoms with van der Waals surface area (Å²) >= 11 is 0. The van der Waals surface area contributed by atoms with Gasteiger partial charge in [0.1, 0.15) is 6.07 Å². The maximum absolute atomic E-state index is 10.3. The Bertz CT molecular complexity index is 201. The molecule has 0 aromatic rings. The molecule has 46 valence electrons. The fourth-order valence-corrected chi connectivity index (χ4v) is 0.426. The molecule has 2 amide bonds. The summed E-state index contributed by atoms with van der Waals surface area (Å²) in [6, 6.07) is 1.43. The van der Waals surface area contributed by atoms with E-state index in [9.17, 15) is 4.79 Å². The van der Waals surface area contributed by atoms with Crippen molar-refractivity contribution < 1.29 is 4.79 Å². The van der Waals surface area contributed by atoms with Crippen LogP contribution >= 0.6 is 0 Å². The first kappa shape index (κ1) is 5.56. The Morgan fingerprint density at radius 1 is 1.78 bits per heavy atom. The summed E-state index contributed by atoms with van der Waals surface area (Å²) in [7, 11) is 0. The molecule has 1 aliphatic heterocycles. The van der Waals surface area contributed by atoms with Gasteiger partial charge in [-0.3, -0.25) is 0 Å². The molecular weight excluding hydrogens is 120 g/mol. The highest BCUT2D eigenvalue weighted by atomic mass is 16.2. The van der Waals surface area contributed by atoms with E-state index in [-0.39, 0.29) is 18.3 Å². The summed E-state index contributed by atoms with van der Waals surface area (Å²) in [5.41, 5.74) is 2.39. The normalized spacial score (nSPS) is 16.8. The molecule has 2 N–H and O–H groups in total. The molecule has 0 unspecified atom stereocenters. The molecular formula is C4H4N4O. The van der Waals surface area contributed by atoms with Gasteiger partial charge in [-0.2, -0.15) is 10.4 Å². The number of hydrogen-bond donors (Lipinski definition) is 2. The molecule has 9 heavy (non-hydrogen) atoms. The van der Waals surface area contributed by atoms with E-state index in [0.29, 0.717) is 0 Å². The van der Waals surface area contributed by atoms with Crippen molar-refractivity contribution in [2.75, 3.05) is 6.54 Å². The Labute approximate surface area is 51.3 Å². The lowest BCUT2D eigenvalue weighted by atomic mass is 10.4. The van der Waals surface area contributed by atoms with Gasteiger partial charge in [-0.05, 0) is 0 Å². The second kappa shape index (κ2) is 2.13. The molecule has 0 radical (unpaired) electrons. The van der Waals surface area contributed by atoms with E-state index in [0.717, 1.165) is 0 Å². The lowest BCUT2D eigenvalue weighted by Crippen LogP contribution is -2.41. The average Bonchev–Trinajstić information content (AvgIpc) is 1.90. The second-order valence-electron chi connectivity index (χ2n) is 1.46. The van der Waals surface area contributed by atoms with Gasteiger partial charge in [0, 0.05) is 0 Å². The molecule has 0 spiro atoms. The van der Waals surface area contributed by atoms with E-state index in [1.165, 1.54) is 0 Å². The third-order valence-electron chi connectivity index (χ3n) is 0.838. The molecule has 0 aromatic carbocycles. The number of amides is 2. The van der Waals surface area contributed by atoms with Crippen LogP contribution in [0.3, 0.4) is 0 Å². The third kappa shape index (κ3) is 1.16. The quantitative estimate of drug-likeness (QED) is 0.442. The van der Waals surface area contributed by atoms with Crippen molar-refractivity contribution in [1.29, 1.82) is 5.26 Å². The number of nitrogens with one attached hydrogen (secondary N) is 2. The fraction of sp³-hybridized carbons (Fsp3) is 0.250. The van der Waals surface area contributed by atoms with Crippen LogP contribution in [-0.4, -0.2) is 18.3 Å². The smallest absolute Gasteiger partial charge is 0.330 e. The van der Waals surface area contributed by atoms with Gasteiger partial charge < -0.3 is 5.32 Å². The van der Waals surface area contributed by atoms with Crippen LogP contribution in [-0.2, 0) is 0 Å². The van der Waals surface area contributed by atoms with Crippen LogP contribution in [0.1, 0.15) is 0 Å². The van der Waals surface area contributed by atoms with Gasteiger partial charge in [-0.25, -0.2) is 10.2 Å². The van der Waals surface area contributed by atoms with Crippen molar-refractivity contribution in [3.8, 4) is 6.07 Å². The maximum Gasteiger partial charge on any atom is 0.335 e. The van der Waals surface area contributed by atoms with Crippen molar-refractivity contribution >= 4 is 11.7 Å². The summed E-state index contributed by atoms with van der Waals surface area (Å²) in [6.45, 7) is 0.225. The van der Waals surface area contributed by atoms with Crippen LogP contribution < -0.4 is 10.7 Å². The summed E-state index contributed by atoms with van der Waals surface area (Å²) in [4.78, 5) is 10.3. The highest BCUT2D eigenvalue weighted by molar-refractivity contribution is 6.03. The zero-order chi connectivity index (χ0) is 6.69. The van der Waals surface area contributed by atoms with Gasteiger partial charge in [0.15, 0.2) is 5.71 Å². The van der Waals surface area contributed by atoms with Crippen molar-refractivity contribution in [2.45, 2.75) is 0 Å². The number of hydrogen-bond acceptors (Lipinski definition) is 3. The maximum atomic E-state index is 10.3. The Kier molecular flexibility index (Phi) is 1.32. The zero-order valence-corrected chi connectivity index (χ0v) is 4.51. The molecule has 1 aliphatic rings. The lowest BCUT2D eigenvalue weighted by Gasteiger charge is -2.07. The highest BCUT2D eigenvalue weighted by Gasteiger charge is 2.07. The number of nitrogens with zero attached hydrogens (tertiary/aromatic N) is 2. The Morgan fingerprint density at radius 2 is 2.56 bits per heavy atom. The largest absolute Gasteiger partial charge is 0.335 e. The zero-order valence-electron chi connectivity index (χ0n) is 4.51. The minimum Gasteiger partial charge on any atom is -0.330 e. The number of carbonyl (C=O) groups is 1. The van der Waals surface area contributed by atoms with Gasteiger partial charge in [-0.15, -0.1) is 0 Å². The van der Waals surface area contributed by atoms with E-state index < -0.39 is 0 Å². The molecule has 1 rings (SSSR count). The van der Waals surface area contributed by atoms with Gasteiger partial charge in [0.2, 0.25) is 0 Å². The molecule has 0 saturated carbocycles. The molecule has 0 aliphatic carbocycles. The summed E-state index contributed by atoms with van der Waals surface area (Å²) in [6.07, 6.45) is 0. The molecule has 0 fully saturated rings. The van der Waals surface area contributed by atoms with Gasteiger partial charge in [0.05, 0.1) is 6.54 Å². The van der Waals surface area contributed by atoms with Crippen LogP contribution in [0.25, 0.3) is 0 Å². The summed E-state index contributed by atoms with van der Waals surface area (Å²) in [5, 5.41) is 14.0. The van der Waals surface area contributed by atoms with Gasteiger partial charge >= 0.3 is 6.03 Å². The van der Waals surface area contributed by atoms with E-state index in [4.69, 9.17) is 5.26 Å². The molecule has 0 bridgehead atoms. The molecule has 0 aromatic heterocycles. The second-order valence-corrected chi connectivity index (χ2v) is 1.46. The van der Waals surface area contributed by atoms with Gasteiger partial charge in [0.25, 0.3) is 0 Å². The minimum atomic E-state index is -0.367. The Balaban J connectivity index is 2.63. The summed E-state index contributed by atoms with van der Waals surface area (Å²) in [5.74, 6) is 0. The monoisotopic (exact) mass is 124 g/mol. The van der Waals surface area contributed by atoms with Crippen molar-refractivity contribution in [3.05, 3.63) is 0 Å². The number of carbonyl (C=O) groups excluding carboxylic acids is 1. The van der Waals surface area contributed by atoms with Crippen molar-refractivity contribution in [2.24, 2.45) is 5.10 Å². The fourth-order valence-electron chi connectivity index (χ4n) is 0.426. The Hall–Kier alpha value is -1.57. The summed E-state index contributed by atoms with van der Waals surface area (Å²) < 4.78 is 0. The van der Waals surface area contributed by atoms with E-state index in [2.05, 4.69) is 15.8 Å². The standard InChI is InChI=1S/C4H4N4O/c5-1-3-2-6-4(9)8-7-3/h2H2,(H2,6,8,9). The topological polar surface area (TPSA) is 77.3 Å². The van der Waals surface area contributed by atoms with Crippen LogP contribution in [0.5, 0.6) is 0 Å². The van der Waals surface area contributed by atoms with Crippen molar-refractivity contribution in [1.82, 2.24) is 10.7 Å².